The van der Waals surface area contributed by atoms with E-state index < -0.39 is 0 Å². The lowest BCUT2D eigenvalue weighted by Crippen LogP contribution is -1.89. The molecule has 2 nitrogen and oxygen atoms in total. The number of halogens is 1. The average molecular weight is 304 g/mol. The Morgan fingerprint density at radius 3 is 2.44 bits per heavy atom. The number of nitrogens with two attached hydrogens (primary N) is 1. The Balaban J connectivity index is 2.49. The van der Waals surface area contributed by atoms with Gasteiger partial charge in [0.25, 0.3) is 0 Å². The minimum Gasteiger partial charge on any atom is -0.497 e. The molecule has 0 aromatic heterocycles. The standard InChI is InChI=1S/C15H14BrNO/c1-10(18-2)12-5-8-15(16)14(9-12)11-3-6-13(17)7-4-11/h3-9H,1,17H2,2H3. The van der Waals surface area contributed by atoms with Gasteiger partial charge in [0.2, 0.25) is 0 Å². The third-order valence-electron chi connectivity index (χ3n) is 2.76. The molecular weight excluding hydrogens is 290 g/mol. The third kappa shape index (κ3) is 2.57. The number of hydrogen-bond donors (Lipinski definition) is 1. The summed E-state index contributed by atoms with van der Waals surface area (Å²) >= 11 is 3.55. The second-order valence-electron chi connectivity index (χ2n) is 3.94. The van der Waals surface area contributed by atoms with Gasteiger partial charge in [-0.15, -0.1) is 0 Å². The van der Waals surface area contributed by atoms with Crippen LogP contribution >= 0.6 is 15.9 Å². The highest BCUT2D eigenvalue weighted by Crippen LogP contribution is 2.31. The van der Waals surface area contributed by atoms with Crippen LogP contribution in [0.1, 0.15) is 5.56 Å². The van der Waals surface area contributed by atoms with Crippen molar-refractivity contribution in [3.63, 3.8) is 0 Å². The fourth-order valence-electron chi connectivity index (χ4n) is 1.70. The molecule has 0 heterocycles. The van der Waals surface area contributed by atoms with E-state index in [-0.39, 0.29) is 0 Å². The summed E-state index contributed by atoms with van der Waals surface area (Å²) in [5.74, 6) is 0.652. The summed E-state index contributed by atoms with van der Waals surface area (Å²) < 4.78 is 6.18. The van der Waals surface area contributed by atoms with Gasteiger partial charge in [-0.25, -0.2) is 0 Å². The highest BCUT2D eigenvalue weighted by molar-refractivity contribution is 9.10. The maximum absolute atomic E-state index is 5.70. The number of anilines is 1. The monoisotopic (exact) mass is 303 g/mol. The van der Waals surface area contributed by atoms with Crippen LogP contribution in [0.25, 0.3) is 16.9 Å². The van der Waals surface area contributed by atoms with Crippen molar-refractivity contribution < 1.29 is 4.74 Å². The number of hydrogen-bond acceptors (Lipinski definition) is 2. The molecule has 0 radical (unpaired) electrons. The van der Waals surface area contributed by atoms with E-state index in [1.807, 2.05) is 42.5 Å². The van der Waals surface area contributed by atoms with E-state index in [1.54, 1.807) is 7.11 Å². The molecule has 0 bridgehead atoms. The van der Waals surface area contributed by atoms with Gasteiger partial charge in [0.15, 0.2) is 0 Å². The van der Waals surface area contributed by atoms with E-state index in [9.17, 15) is 0 Å². The van der Waals surface area contributed by atoms with E-state index in [0.29, 0.717) is 5.76 Å². The molecule has 0 spiro atoms. The van der Waals surface area contributed by atoms with Crippen molar-refractivity contribution >= 4 is 27.4 Å². The maximum Gasteiger partial charge on any atom is 0.118 e. The third-order valence-corrected chi connectivity index (χ3v) is 3.45. The first-order chi connectivity index (χ1) is 8.61. The normalized spacial score (nSPS) is 10.1. The summed E-state index contributed by atoms with van der Waals surface area (Å²) in [6.45, 7) is 3.86. The largest absolute Gasteiger partial charge is 0.497 e. The van der Waals surface area contributed by atoms with Crippen molar-refractivity contribution in [2.45, 2.75) is 0 Å². The molecule has 0 saturated carbocycles. The van der Waals surface area contributed by atoms with Crippen molar-refractivity contribution in [3.05, 3.63) is 59.1 Å². The van der Waals surface area contributed by atoms with Crippen molar-refractivity contribution in [2.75, 3.05) is 12.8 Å². The quantitative estimate of drug-likeness (QED) is 0.677. The molecule has 2 aromatic carbocycles. The van der Waals surface area contributed by atoms with Crippen LogP contribution in [-0.4, -0.2) is 7.11 Å². The van der Waals surface area contributed by atoms with Crippen LogP contribution in [0.4, 0.5) is 5.69 Å². The van der Waals surface area contributed by atoms with Crippen LogP contribution in [-0.2, 0) is 4.74 Å². The fourth-order valence-corrected chi connectivity index (χ4v) is 2.18. The Labute approximate surface area is 115 Å². The Morgan fingerprint density at radius 1 is 1.17 bits per heavy atom. The molecule has 92 valence electrons. The van der Waals surface area contributed by atoms with Gasteiger partial charge in [0.05, 0.1) is 7.11 Å². The Morgan fingerprint density at radius 2 is 1.83 bits per heavy atom. The van der Waals surface area contributed by atoms with Crippen molar-refractivity contribution in [2.24, 2.45) is 0 Å². The lowest BCUT2D eigenvalue weighted by molar-refractivity contribution is 0.371. The maximum atomic E-state index is 5.70. The van der Waals surface area contributed by atoms with Crippen molar-refractivity contribution in [1.82, 2.24) is 0 Å². The van der Waals surface area contributed by atoms with Gasteiger partial charge in [-0.3, -0.25) is 0 Å². The minimum absolute atomic E-state index is 0.652. The molecule has 2 N–H and O–H groups in total. The number of rotatable bonds is 3. The summed E-state index contributed by atoms with van der Waals surface area (Å²) in [7, 11) is 1.62. The van der Waals surface area contributed by atoms with Gasteiger partial charge in [0.1, 0.15) is 5.76 Å². The zero-order valence-corrected chi connectivity index (χ0v) is 11.7. The van der Waals surface area contributed by atoms with Gasteiger partial charge in [-0.05, 0) is 35.4 Å². The summed E-state index contributed by atoms with van der Waals surface area (Å²) in [5.41, 5.74) is 9.61. The van der Waals surface area contributed by atoms with Gasteiger partial charge in [0, 0.05) is 15.7 Å². The summed E-state index contributed by atoms with van der Waals surface area (Å²) in [4.78, 5) is 0. The average Bonchev–Trinajstić information content (AvgIpc) is 2.39. The number of ether oxygens (including phenoxy) is 1. The van der Waals surface area contributed by atoms with E-state index in [0.717, 1.165) is 26.9 Å². The Kier molecular flexibility index (Phi) is 3.72. The number of benzene rings is 2. The molecule has 0 amide bonds. The van der Waals surface area contributed by atoms with E-state index in [2.05, 4.69) is 22.5 Å². The SMILES string of the molecule is C=C(OC)c1ccc(Br)c(-c2ccc(N)cc2)c1. The van der Waals surface area contributed by atoms with Crippen LogP contribution in [0.3, 0.4) is 0 Å². The van der Waals surface area contributed by atoms with Crippen LogP contribution < -0.4 is 5.73 Å². The first kappa shape index (κ1) is 12.7. The lowest BCUT2D eigenvalue weighted by Gasteiger charge is -2.10. The highest BCUT2D eigenvalue weighted by atomic mass is 79.9. The van der Waals surface area contributed by atoms with Crippen LogP contribution in [0, 0.1) is 0 Å². The molecule has 18 heavy (non-hydrogen) atoms. The molecule has 0 saturated heterocycles. The molecule has 0 fully saturated rings. The zero-order valence-electron chi connectivity index (χ0n) is 10.1. The molecule has 3 heteroatoms. The number of nitrogen functional groups attached to an aromatic ring is 1. The molecule has 2 rings (SSSR count). The molecular formula is C15H14BrNO. The predicted octanol–water partition coefficient (Wildman–Crippen LogP) is 4.32. The van der Waals surface area contributed by atoms with Gasteiger partial charge >= 0.3 is 0 Å². The highest BCUT2D eigenvalue weighted by Gasteiger charge is 2.06. The first-order valence-electron chi connectivity index (χ1n) is 5.50. The number of methoxy groups -OCH3 is 1. The van der Waals surface area contributed by atoms with E-state index in [4.69, 9.17) is 10.5 Å². The molecule has 0 aliphatic rings. The molecule has 0 aliphatic carbocycles. The Hall–Kier alpha value is -1.74. The topological polar surface area (TPSA) is 35.2 Å². The van der Waals surface area contributed by atoms with Gasteiger partial charge in [-0.2, -0.15) is 0 Å². The second kappa shape index (κ2) is 5.27. The van der Waals surface area contributed by atoms with E-state index >= 15 is 0 Å². The summed E-state index contributed by atoms with van der Waals surface area (Å²) in [6.07, 6.45) is 0. The fraction of sp³-hybridized carbons (Fsp3) is 0.0667. The van der Waals surface area contributed by atoms with Crippen LogP contribution in [0.5, 0.6) is 0 Å². The first-order valence-corrected chi connectivity index (χ1v) is 6.30. The zero-order chi connectivity index (χ0) is 13.1. The smallest absolute Gasteiger partial charge is 0.118 e. The minimum atomic E-state index is 0.652. The molecule has 0 aliphatic heterocycles. The Bertz CT molecular complexity index is 576. The van der Waals surface area contributed by atoms with Crippen molar-refractivity contribution in [1.29, 1.82) is 0 Å². The van der Waals surface area contributed by atoms with E-state index in [1.165, 1.54) is 0 Å². The second-order valence-corrected chi connectivity index (χ2v) is 4.80. The van der Waals surface area contributed by atoms with Crippen molar-refractivity contribution in [3.8, 4) is 11.1 Å². The van der Waals surface area contributed by atoms with Crippen LogP contribution in [0.2, 0.25) is 0 Å². The molecule has 0 atom stereocenters. The molecule has 0 unspecified atom stereocenters. The van der Waals surface area contributed by atoms with Crippen LogP contribution in [0.15, 0.2) is 53.5 Å². The summed E-state index contributed by atoms with van der Waals surface area (Å²) in [6, 6.07) is 13.8. The predicted molar refractivity (Wildman–Crippen MR) is 80.0 cm³/mol. The van der Waals surface area contributed by atoms with Gasteiger partial charge in [-0.1, -0.05) is 40.7 Å². The van der Waals surface area contributed by atoms with Gasteiger partial charge < -0.3 is 10.5 Å². The lowest BCUT2D eigenvalue weighted by atomic mass is 10.0. The molecule has 2 aromatic rings. The summed E-state index contributed by atoms with van der Waals surface area (Å²) in [5, 5.41) is 0.